The molecule has 0 aliphatic carbocycles. The van der Waals surface area contributed by atoms with Crippen molar-refractivity contribution in [1.29, 1.82) is 0 Å². The minimum atomic E-state index is -0.798. The van der Waals surface area contributed by atoms with Crippen LogP contribution < -0.4 is 0 Å². The fraction of sp³-hybridized carbons (Fsp3) is 0.660. The van der Waals surface area contributed by atoms with Crippen molar-refractivity contribution in [2.75, 3.05) is 13.2 Å². The Hall–Kier alpha value is -3.41. The van der Waals surface area contributed by atoms with Gasteiger partial charge in [0.15, 0.2) is 6.10 Å². The fourth-order valence-corrected chi connectivity index (χ4v) is 5.74. The molecule has 0 spiro atoms. The Morgan fingerprint density at radius 2 is 0.696 bits per heavy atom. The Balaban J connectivity index is 4.36. The summed E-state index contributed by atoms with van der Waals surface area (Å²) in [7, 11) is 0. The van der Waals surface area contributed by atoms with E-state index in [1.165, 1.54) is 25.7 Å². The Kier molecular flexibility index (Phi) is 41.6. The predicted molar refractivity (Wildman–Crippen MR) is 237 cm³/mol. The highest BCUT2D eigenvalue weighted by Gasteiger charge is 2.19. The molecule has 318 valence electrons. The van der Waals surface area contributed by atoms with Gasteiger partial charge in [0.25, 0.3) is 0 Å². The van der Waals surface area contributed by atoms with Gasteiger partial charge >= 0.3 is 17.9 Å². The highest BCUT2D eigenvalue weighted by Crippen LogP contribution is 2.12. The van der Waals surface area contributed by atoms with E-state index in [0.29, 0.717) is 19.3 Å². The molecule has 1 atom stereocenters. The molecule has 0 fully saturated rings. The summed E-state index contributed by atoms with van der Waals surface area (Å²) in [6.45, 7) is 6.27. The summed E-state index contributed by atoms with van der Waals surface area (Å²) in [5.74, 6) is -0.975. The number of ether oxygens (including phenoxy) is 3. The van der Waals surface area contributed by atoms with Gasteiger partial charge < -0.3 is 14.2 Å². The zero-order valence-corrected chi connectivity index (χ0v) is 36.1. The molecule has 1 unspecified atom stereocenters. The van der Waals surface area contributed by atoms with Crippen LogP contribution in [0.3, 0.4) is 0 Å². The minimum Gasteiger partial charge on any atom is -0.462 e. The number of allylic oxidation sites excluding steroid dienone is 14. The molecule has 0 heterocycles. The van der Waals surface area contributed by atoms with Crippen LogP contribution in [0.2, 0.25) is 0 Å². The summed E-state index contributed by atoms with van der Waals surface area (Å²) in [6.07, 6.45) is 55.8. The molecule has 0 amide bonds. The predicted octanol–water partition coefficient (Wildman–Crippen LogP) is 14.5. The molecule has 0 rings (SSSR count). The summed E-state index contributed by atoms with van der Waals surface area (Å²) in [4.78, 5) is 37.6. The third kappa shape index (κ3) is 41.7. The Morgan fingerprint density at radius 1 is 0.375 bits per heavy atom. The molecule has 0 aliphatic rings. The molecule has 0 N–H and O–H groups in total. The van der Waals surface area contributed by atoms with Crippen molar-refractivity contribution in [3.05, 3.63) is 85.1 Å². The van der Waals surface area contributed by atoms with Gasteiger partial charge in [-0.05, 0) is 103 Å². The van der Waals surface area contributed by atoms with Gasteiger partial charge in [-0.1, -0.05) is 157 Å². The summed E-state index contributed by atoms with van der Waals surface area (Å²) in [5, 5.41) is 0. The third-order valence-corrected chi connectivity index (χ3v) is 9.11. The summed E-state index contributed by atoms with van der Waals surface area (Å²) >= 11 is 0. The topological polar surface area (TPSA) is 78.9 Å². The van der Waals surface area contributed by atoms with Gasteiger partial charge in [-0.3, -0.25) is 14.4 Å². The first kappa shape index (κ1) is 52.6. The molecule has 0 aromatic heterocycles. The van der Waals surface area contributed by atoms with E-state index < -0.39 is 6.10 Å². The smallest absolute Gasteiger partial charge is 0.306 e. The lowest BCUT2D eigenvalue weighted by Gasteiger charge is -2.18. The van der Waals surface area contributed by atoms with Crippen LogP contribution in [0, 0.1) is 0 Å². The molecule has 0 saturated carbocycles. The molecular weight excluding hydrogens is 697 g/mol. The molecule has 6 heteroatoms. The van der Waals surface area contributed by atoms with Crippen LogP contribution in [0.1, 0.15) is 194 Å². The highest BCUT2D eigenvalue weighted by atomic mass is 16.6. The van der Waals surface area contributed by atoms with Gasteiger partial charge in [-0.2, -0.15) is 0 Å². The van der Waals surface area contributed by atoms with Crippen LogP contribution in [0.5, 0.6) is 0 Å². The van der Waals surface area contributed by atoms with Crippen molar-refractivity contribution >= 4 is 17.9 Å². The molecule has 0 aromatic carbocycles. The standard InChI is InChI=1S/C50H82O6/c1-4-7-10-13-16-19-21-22-23-24-25-26-27-28-29-32-34-37-40-43-49(52)55-46-47(45-54-48(51)42-39-36-33-30-18-15-12-9-6-3)56-50(53)44-41-38-35-31-20-17-14-11-8-5-2/h7,9-10,12,14,16-19,22-23,25-26,30,47H,4-6,8,11,13,15,20-21,24,27-29,31-46H2,1-3H3/b10-7-,12-9-,17-14-,19-16-,23-22-,26-25-,30-18-. The lowest BCUT2D eigenvalue weighted by Crippen LogP contribution is -2.30. The fourth-order valence-electron chi connectivity index (χ4n) is 5.74. The van der Waals surface area contributed by atoms with E-state index in [0.717, 1.165) is 128 Å². The molecule has 56 heavy (non-hydrogen) atoms. The summed E-state index contributed by atoms with van der Waals surface area (Å²) < 4.78 is 16.6. The normalized spacial score (nSPS) is 12.8. The molecule has 0 radical (unpaired) electrons. The number of rotatable bonds is 39. The number of esters is 3. The molecule has 0 saturated heterocycles. The van der Waals surface area contributed by atoms with Gasteiger partial charge in [0, 0.05) is 19.3 Å². The van der Waals surface area contributed by atoms with E-state index in [2.05, 4.69) is 106 Å². The number of hydrogen-bond acceptors (Lipinski definition) is 6. The quantitative estimate of drug-likeness (QED) is 0.0268. The minimum absolute atomic E-state index is 0.100. The van der Waals surface area contributed by atoms with Crippen LogP contribution in [0.4, 0.5) is 0 Å². The summed E-state index contributed by atoms with van der Waals surface area (Å²) in [6, 6.07) is 0. The zero-order valence-electron chi connectivity index (χ0n) is 36.1. The van der Waals surface area contributed by atoms with Crippen LogP contribution >= 0.6 is 0 Å². The second-order valence-corrected chi connectivity index (χ2v) is 14.5. The maximum atomic E-state index is 12.7. The van der Waals surface area contributed by atoms with Crippen LogP contribution in [-0.4, -0.2) is 37.2 Å². The average Bonchev–Trinajstić information content (AvgIpc) is 3.19. The van der Waals surface area contributed by atoms with E-state index >= 15 is 0 Å². The van der Waals surface area contributed by atoms with Gasteiger partial charge in [-0.15, -0.1) is 0 Å². The molecule has 0 bridgehead atoms. The van der Waals surface area contributed by atoms with Crippen molar-refractivity contribution in [2.45, 2.75) is 200 Å². The van der Waals surface area contributed by atoms with E-state index in [1.807, 2.05) is 0 Å². The largest absolute Gasteiger partial charge is 0.462 e. The lowest BCUT2D eigenvalue weighted by atomic mass is 10.1. The summed E-state index contributed by atoms with van der Waals surface area (Å²) in [5.41, 5.74) is 0. The SMILES string of the molecule is CC/C=C\C/C=C\C/C=C\C/C=C\CCCCCCCCC(=O)OCC(COC(=O)CCCC/C=C\C/C=C\CC)OC(=O)CCCCCC/C=C\CCCC. The van der Waals surface area contributed by atoms with E-state index in [9.17, 15) is 14.4 Å². The van der Waals surface area contributed by atoms with Crippen molar-refractivity contribution in [3.8, 4) is 0 Å². The Morgan fingerprint density at radius 3 is 1.14 bits per heavy atom. The molecule has 0 aliphatic heterocycles. The zero-order chi connectivity index (χ0) is 40.8. The van der Waals surface area contributed by atoms with Crippen molar-refractivity contribution in [2.24, 2.45) is 0 Å². The first-order valence-electron chi connectivity index (χ1n) is 22.6. The number of carbonyl (C=O) groups is 3. The van der Waals surface area contributed by atoms with Crippen LogP contribution in [0.25, 0.3) is 0 Å². The highest BCUT2D eigenvalue weighted by molar-refractivity contribution is 5.71. The van der Waals surface area contributed by atoms with Crippen LogP contribution in [0.15, 0.2) is 85.1 Å². The van der Waals surface area contributed by atoms with Crippen molar-refractivity contribution < 1.29 is 28.6 Å². The first-order chi connectivity index (χ1) is 27.5. The van der Waals surface area contributed by atoms with E-state index in [-0.39, 0.29) is 31.1 Å². The number of hydrogen-bond donors (Lipinski definition) is 0. The monoisotopic (exact) mass is 779 g/mol. The van der Waals surface area contributed by atoms with Gasteiger partial charge in [0.05, 0.1) is 0 Å². The van der Waals surface area contributed by atoms with Crippen molar-refractivity contribution in [3.63, 3.8) is 0 Å². The first-order valence-corrected chi connectivity index (χ1v) is 22.6. The number of carbonyl (C=O) groups excluding carboxylic acids is 3. The molecule has 6 nitrogen and oxygen atoms in total. The van der Waals surface area contributed by atoms with Gasteiger partial charge in [0.1, 0.15) is 13.2 Å². The number of unbranched alkanes of at least 4 members (excludes halogenated alkanes) is 14. The Labute approximate surface area is 344 Å². The van der Waals surface area contributed by atoms with E-state index in [4.69, 9.17) is 14.2 Å². The maximum absolute atomic E-state index is 12.7. The molecular formula is C50H82O6. The Bertz CT molecular complexity index is 1120. The second-order valence-electron chi connectivity index (χ2n) is 14.5. The van der Waals surface area contributed by atoms with Gasteiger partial charge in [0.2, 0.25) is 0 Å². The van der Waals surface area contributed by atoms with Crippen LogP contribution in [-0.2, 0) is 28.6 Å². The molecule has 0 aromatic rings. The van der Waals surface area contributed by atoms with E-state index in [1.54, 1.807) is 0 Å². The third-order valence-electron chi connectivity index (χ3n) is 9.11. The lowest BCUT2D eigenvalue weighted by molar-refractivity contribution is -0.167. The second kappa shape index (κ2) is 44.3. The maximum Gasteiger partial charge on any atom is 0.306 e. The average molecular weight is 779 g/mol. The van der Waals surface area contributed by atoms with Gasteiger partial charge in [-0.25, -0.2) is 0 Å². The van der Waals surface area contributed by atoms with Crippen molar-refractivity contribution in [1.82, 2.24) is 0 Å².